The lowest BCUT2D eigenvalue weighted by atomic mass is 10.1. The Bertz CT molecular complexity index is 701. The van der Waals surface area contributed by atoms with Gasteiger partial charge in [-0.25, -0.2) is 0 Å². The van der Waals surface area contributed by atoms with Gasteiger partial charge in [-0.3, -0.25) is 4.79 Å². The van der Waals surface area contributed by atoms with E-state index in [0.717, 1.165) is 17.9 Å². The number of amides is 1. The van der Waals surface area contributed by atoms with Crippen LogP contribution in [0.25, 0.3) is 11.3 Å². The maximum atomic E-state index is 11.9. The van der Waals surface area contributed by atoms with E-state index in [2.05, 4.69) is 15.4 Å². The van der Waals surface area contributed by atoms with Crippen molar-refractivity contribution in [3.8, 4) is 11.3 Å². The van der Waals surface area contributed by atoms with Crippen LogP contribution in [0.15, 0.2) is 34.9 Å². The Hall–Kier alpha value is -1.50. The molecule has 0 atom stereocenters. The van der Waals surface area contributed by atoms with Crippen LogP contribution in [0.3, 0.4) is 0 Å². The second-order valence-corrected chi connectivity index (χ2v) is 7.55. The molecule has 7 heteroatoms. The van der Waals surface area contributed by atoms with Gasteiger partial charge in [-0.05, 0) is 38.1 Å². The van der Waals surface area contributed by atoms with E-state index < -0.39 is 0 Å². The molecule has 2 heterocycles. The number of nitrogens with zero attached hydrogens (tertiary/aromatic N) is 2. The SMILES string of the molecule is O=C(CSCCN1CCCC1)NCc1cc(-c2ccccc2Cl)on1. The third-order valence-electron chi connectivity index (χ3n) is 4.15. The van der Waals surface area contributed by atoms with Crippen molar-refractivity contribution in [2.24, 2.45) is 0 Å². The van der Waals surface area contributed by atoms with Crippen LogP contribution < -0.4 is 5.32 Å². The van der Waals surface area contributed by atoms with Gasteiger partial charge in [0.05, 0.1) is 17.3 Å². The summed E-state index contributed by atoms with van der Waals surface area (Å²) < 4.78 is 5.32. The second-order valence-electron chi connectivity index (χ2n) is 6.04. The van der Waals surface area contributed by atoms with Crippen LogP contribution in [0.4, 0.5) is 0 Å². The van der Waals surface area contributed by atoms with Crippen LogP contribution in [-0.4, -0.2) is 47.1 Å². The molecule has 0 aliphatic carbocycles. The molecule has 1 fully saturated rings. The van der Waals surface area contributed by atoms with E-state index in [9.17, 15) is 4.79 Å². The van der Waals surface area contributed by atoms with Crippen molar-refractivity contribution in [1.82, 2.24) is 15.4 Å². The predicted octanol–water partition coefficient (Wildman–Crippen LogP) is 3.44. The summed E-state index contributed by atoms with van der Waals surface area (Å²) in [5, 5.41) is 7.48. The molecule has 0 spiro atoms. The van der Waals surface area contributed by atoms with E-state index in [-0.39, 0.29) is 5.91 Å². The van der Waals surface area contributed by atoms with E-state index in [1.165, 1.54) is 25.9 Å². The lowest BCUT2D eigenvalue weighted by Gasteiger charge is -2.13. The fraction of sp³-hybridized carbons (Fsp3) is 0.444. The quantitative estimate of drug-likeness (QED) is 0.712. The molecule has 1 aromatic carbocycles. The van der Waals surface area contributed by atoms with Gasteiger partial charge >= 0.3 is 0 Å². The summed E-state index contributed by atoms with van der Waals surface area (Å²) in [4.78, 5) is 14.4. The normalized spacial score (nSPS) is 14.8. The molecule has 134 valence electrons. The summed E-state index contributed by atoms with van der Waals surface area (Å²) in [5.41, 5.74) is 1.48. The first kappa shape index (κ1) is 18.3. The minimum Gasteiger partial charge on any atom is -0.356 e. The third-order valence-corrected chi connectivity index (χ3v) is 5.42. The summed E-state index contributed by atoms with van der Waals surface area (Å²) >= 11 is 7.82. The van der Waals surface area contributed by atoms with Gasteiger partial charge in [0, 0.05) is 23.9 Å². The van der Waals surface area contributed by atoms with Crippen molar-refractivity contribution < 1.29 is 9.32 Å². The molecule has 2 aromatic rings. The molecule has 1 saturated heterocycles. The molecule has 1 aliphatic rings. The van der Waals surface area contributed by atoms with Crippen molar-refractivity contribution in [1.29, 1.82) is 0 Å². The molecule has 5 nitrogen and oxygen atoms in total. The molecule has 1 amide bonds. The Balaban J connectivity index is 1.38. The van der Waals surface area contributed by atoms with E-state index in [0.29, 0.717) is 28.8 Å². The zero-order chi connectivity index (χ0) is 17.5. The molecule has 25 heavy (non-hydrogen) atoms. The first-order valence-electron chi connectivity index (χ1n) is 8.49. The number of carbonyl (C=O) groups is 1. The Morgan fingerprint density at radius 1 is 1.32 bits per heavy atom. The van der Waals surface area contributed by atoms with E-state index >= 15 is 0 Å². The number of rotatable bonds is 8. The van der Waals surface area contributed by atoms with Gasteiger partial charge in [0.25, 0.3) is 0 Å². The number of halogens is 1. The van der Waals surface area contributed by atoms with Crippen LogP contribution in [-0.2, 0) is 11.3 Å². The number of nitrogens with one attached hydrogen (secondary N) is 1. The van der Waals surface area contributed by atoms with Crippen LogP contribution in [0, 0.1) is 0 Å². The van der Waals surface area contributed by atoms with Crippen molar-refractivity contribution in [3.05, 3.63) is 41.0 Å². The van der Waals surface area contributed by atoms with E-state index in [1.54, 1.807) is 17.8 Å². The number of aromatic nitrogens is 1. The van der Waals surface area contributed by atoms with Crippen molar-refractivity contribution in [3.63, 3.8) is 0 Å². The van der Waals surface area contributed by atoms with Crippen LogP contribution in [0.2, 0.25) is 5.02 Å². The summed E-state index contributed by atoms with van der Waals surface area (Å²) in [6.07, 6.45) is 2.61. The molecular formula is C18H22ClN3O2S. The second kappa shape index (κ2) is 9.27. The molecule has 0 saturated carbocycles. The Labute approximate surface area is 157 Å². The fourth-order valence-electron chi connectivity index (χ4n) is 2.79. The Kier molecular flexibility index (Phi) is 6.78. The fourth-order valence-corrected chi connectivity index (χ4v) is 3.84. The average Bonchev–Trinajstić information content (AvgIpc) is 3.29. The smallest absolute Gasteiger partial charge is 0.230 e. The minimum absolute atomic E-state index is 0.0220. The standard InChI is InChI=1S/C18H22ClN3O2S/c19-16-6-2-1-5-15(16)17-11-14(21-24-17)12-20-18(23)13-25-10-9-22-7-3-4-8-22/h1-2,5-6,11H,3-4,7-10,12-13H2,(H,20,23). The van der Waals surface area contributed by atoms with Crippen LogP contribution in [0.5, 0.6) is 0 Å². The van der Waals surface area contributed by atoms with E-state index in [4.69, 9.17) is 16.1 Å². The zero-order valence-electron chi connectivity index (χ0n) is 14.0. The first-order valence-corrected chi connectivity index (χ1v) is 10.0. The monoisotopic (exact) mass is 379 g/mol. The van der Waals surface area contributed by atoms with Gasteiger partial charge in [-0.2, -0.15) is 11.8 Å². The summed E-state index contributed by atoms with van der Waals surface area (Å²) in [6.45, 7) is 3.83. The average molecular weight is 380 g/mol. The number of benzene rings is 1. The highest BCUT2D eigenvalue weighted by molar-refractivity contribution is 7.99. The molecule has 0 unspecified atom stereocenters. The van der Waals surface area contributed by atoms with Crippen molar-refractivity contribution in [2.75, 3.05) is 31.1 Å². The van der Waals surface area contributed by atoms with Crippen molar-refractivity contribution in [2.45, 2.75) is 19.4 Å². The largest absolute Gasteiger partial charge is 0.356 e. The number of thioether (sulfide) groups is 1. The van der Waals surface area contributed by atoms with Crippen LogP contribution >= 0.6 is 23.4 Å². The molecule has 1 aromatic heterocycles. The zero-order valence-corrected chi connectivity index (χ0v) is 15.6. The molecule has 1 N–H and O–H groups in total. The lowest BCUT2D eigenvalue weighted by molar-refractivity contribution is -0.118. The Morgan fingerprint density at radius 2 is 2.12 bits per heavy atom. The van der Waals surface area contributed by atoms with Gasteiger partial charge in [0.1, 0.15) is 5.69 Å². The lowest BCUT2D eigenvalue weighted by Crippen LogP contribution is -2.26. The topological polar surface area (TPSA) is 58.4 Å². The van der Waals surface area contributed by atoms with Gasteiger partial charge in [0.15, 0.2) is 5.76 Å². The number of hydrogen-bond donors (Lipinski definition) is 1. The predicted molar refractivity (Wildman–Crippen MR) is 102 cm³/mol. The summed E-state index contributed by atoms with van der Waals surface area (Å²) in [7, 11) is 0. The Morgan fingerprint density at radius 3 is 2.92 bits per heavy atom. The molecular weight excluding hydrogens is 358 g/mol. The maximum Gasteiger partial charge on any atom is 0.230 e. The highest BCUT2D eigenvalue weighted by Gasteiger charge is 2.12. The summed E-state index contributed by atoms with van der Waals surface area (Å²) in [6, 6.07) is 9.25. The van der Waals surface area contributed by atoms with E-state index in [1.807, 2.05) is 24.3 Å². The minimum atomic E-state index is 0.0220. The number of hydrogen-bond acceptors (Lipinski definition) is 5. The highest BCUT2D eigenvalue weighted by atomic mass is 35.5. The number of likely N-dealkylation sites (tertiary alicyclic amines) is 1. The maximum absolute atomic E-state index is 11.9. The summed E-state index contributed by atoms with van der Waals surface area (Å²) in [5.74, 6) is 2.10. The van der Waals surface area contributed by atoms with Gasteiger partial charge < -0.3 is 14.7 Å². The van der Waals surface area contributed by atoms with Gasteiger partial charge in [0.2, 0.25) is 5.91 Å². The van der Waals surface area contributed by atoms with Gasteiger partial charge in [-0.1, -0.05) is 28.9 Å². The molecule has 0 radical (unpaired) electrons. The van der Waals surface area contributed by atoms with Crippen molar-refractivity contribution >= 4 is 29.3 Å². The van der Waals surface area contributed by atoms with Gasteiger partial charge in [-0.15, -0.1) is 0 Å². The first-order chi connectivity index (χ1) is 12.2. The van der Waals surface area contributed by atoms with Crippen LogP contribution in [0.1, 0.15) is 18.5 Å². The molecule has 1 aliphatic heterocycles. The molecule has 0 bridgehead atoms. The third kappa shape index (κ3) is 5.49. The molecule has 3 rings (SSSR count). The number of carbonyl (C=O) groups excluding carboxylic acids is 1. The highest BCUT2D eigenvalue weighted by Crippen LogP contribution is 2.27.